The van der Waals surface area contributed by atoms with Gasteiger partial charge in [-0.05, 0) is 18.6 Å². The molecule has 0 atom stereocenters. The first-order valence-electron chi connectivity index (χ1n) is 5.20. The fourth-order valence-corrected chi connectivity index (χ4v) is 1.51. The molecule has 17 heavy (non-hydrogen) atoms. The van der Waals surface area contributed by atoms with Crippen LogP contribution in [0.15, 0.2) is 24.3 Å². The Morgan fingerprint density at radius 2 is 2.00 bits per heavy atom. The second-order valence-corrected chi connectivity index (χ2v) is 4.01. The zero-order chi connectivity index (χ0) is 12.8. The molecule has 0 heterocycles. The van der Waals surface area contributed by atoms with E-state index in [1.54, 1.807) is 7.05 Å². The Hall–Kier alpha value is -1.55. The Morgan fingerprint density at radius 1 is 1.35 bits per heavy atom. The number of anilines is 1. The molecule has 0 aliphatic rings. The van der Waals surface area contributed by atoms with Crippen molar-refractivity contribution in [2.45, 2.75) is 6.92 Å². The average Bonchev–Trinajstić information content (AvgIpc) is 2.31. The monoisotopic (exact) mass is 254 g/mol. The molecule has 0 bridgehead atoms. The SMILES string of the molecule is Cc1ccccc1NC(=O)CN(C)C(=O)CCl. The zero-order valence-electron chi connectivity index (χ0n) is 9.87. The van der Waals surface area contributed by atoms with Gasteiger partial charge in [-0.25, -0.2) is 0 Å². The normalized spacial score (nSPS) is 9.82. The number of nitrogens with zero attached hydrogens (tertiary/aromatic N) is 1. The van der Waals surface area contributed by atoms with Crippen LogP contribution in [0, 0.1) is 6.92 Å². The number of benzene rings is 1. The van der Waals surface area contributed by atoms with Crippen molar-refractivity contribution in [3.05, 3.63) is 29.8 Å². The van der Waals surface area contributed by atoms with Gasteiger partial charge in [0.1, 0.15) is 5.88 Å². The van der Waals surface area contributed by atoms with E-state index in [2.05, 4.69) is 5.32 Å². The highest BCUT2D eigenvalue weighted by Gasteiger charge is 2.12. The van der Waals surface area contributed by atoms with Crippen molar-refractivity contribution in [1.82, 2.24) is 4.90 Å². The van der Waals surface area contributed by atoms with Crippen LogP contribution in [0.25, 0.3) is 0 Å². The quantitative estimate of drug-likeness (QED) is 0.831. The molecule has 2 amide bonds. The van der Waals surface area contributed by atoms with Crippen LogP contribution in [0.2, 0.25) is 0 Å². The van der Waals surface area contributed by atoms with E-state index >= 15 is 0 Å². The van der Waals surface area contributed by atoms with Crippen LogP contribution in [0.3, 0.4) is 0 Å². The molecule has 5 heteroatoms. The minimum Gasteiger partial charge on any atom is -0.335 e. The number of rotatable bonds is 4. The van der Waals surface area contributed by atoms with Gasteiger partial charge in [0.05, 0.1) is 6.54 Å². The maximum atomic E-state index is 11.6. The van der Waals surface area contributed by atoms with Gasteiger partial charge in [0.25, 0.3) is 0 Å². The van der Waals surface area contributed by atoms with E-state index in [-0.39, 0.29) is 24.2 Å². The molecule has 0 saturated heterocycles. The van der Waals surface area contributed by atoms with E-state index in [1.807, 2.05) is 31.2 Å². The highest BCUT2D eigenvalue weighted by molar-refractivity contribution is 6.27. The fraction of sp³-hybridized carbons (Fsp3) is 0.333. The molecule has 1 N–H and O–H groups in total. The Bertz CT molecular complexity index is 421. The smallest absolute Gasteiger partial charge is 0.243 e. The zero-order valence-corrected chi connectivity index (χ0v) is 10.6. The van der Waals surface area contributed by atoms with Gasteiger partial charge in [0, 0.05) is 12.7 Å². The Morgan fingerprint density at radius 3 is 2.59 bits per heavy atom. The van der Waals surface area contributed by atoms with Crippen LogP contribution in [0.5, 0.6) is 0 Å². The van der Waals surface area contributed by atoms with Gasteiger partial charge in [-0.2, -0.15) is 0 Å². The highest BCUT2D eigenvalue weighted by atomic mass is 35.5. The molecule has 0 saturated carbocycles. The highest BCUT2D eigenvalue weighted by Crippen LogP contribution is 2.12. The summed E-state index contributed by atoms with van der Waals surface area (Å²) in [6.45, 7) is 1.91. The third-order valence-electron chi connectivity index (χ3n) is 2.34. The Labute approximate surface area is 106 Å². The number of para-hydroxylation sites is 1. The summed E-state index contributed by atoms with van der Waals surface area (Å²) in [4.78, 5) is 24.1. The van der Waals surface area contributed by atoms with Crippen molar-refractivity contribution in [2.75, 3.05) is 24.8 Å². The first kappa shape index (κ1) is 13.5. The van der Waals surface area contributed by atoms with E-state index < -0.39 is 0 Å². The van der Waals surface area contributed by atoms with Crippen LogP contribution in [0.1, 0.15) is 5.56 Å². The lowest BCUT2D eigenvalue weighted by atomic mass is 10.2. The number of alkyl halides is 1. The molecule has 4 nitrogen and oxygen atoms in total. The molecule has 1 rings (SSSR count). The minimum absolute atomic E-state index is 0.000111. The van der Waals surface area contributed by atoms with Gasteiger partial charge in [-0.3, -0.25) is 9.59 Å². The number of hydrogen-bond acceptors (Lipinski definition) is 2. The molecular formula is C12H15ClN2O2. The average molecular weight is 255 g/mol. The molecule has 1 aromatic carbocycles. The second kappa shape index (κ2) is 6.25. The van der Waals surface area contributed by atoms with Gasteiger partial charge in [0.2, 0.25) is 11.8 Å². The van der Waals surface area contributed by atoms with Crippen LogP contribution >= 0.6 is 11.6 Å². The second-order valence-electron chi connectivity index (χ2n) is 3.75. The van der Waals surface area contributed by atoms with Gasteiger partial charge < -0.3 is 10.2 Å². The maximum absolute atomic E-state index is 11.6. The number of carbonyl (C=O) groups is 2. The standard InChI is InChI=1S/C12H15ClN2O2/c1-9-5-3-4-6-10(9)14-11(16)8-15(2)12(17)7-13/h3-6H,7-8H2,1-2H3,(H,14,16). The number of amides is 2. The fourth-order valence-electron chi connectivity index (χ4n) is 1.31. The Balaban J connectivity index is 2.56. The minimum atomic E-state index is -0.272. The number of likely N-dealkylation sites (N-methyl/N-ethyl adjacent to an activating group) is 1. The summed E-state index contributed by atoms with van der Waals surface area (Å²) in [6, 6.07) is 7.46. The Kier molecular flexibility index (Phi) is 4.97. The van der Waals surface area contributed by atoms with E-state index in [9.17, 15) is 9.59 Å². The van der Waals surface area contributed by atoms with E-state index in [4.69, 9.17) is 11.6 Å². The predicted octanol–water partition coefficient (Wildman–Crippen LogP) is 1.63. The molecule has 0 aliphatic heterocycles. The van der Waals surface area contributed by atoms with Crippen molar-refractivity contribution >= 4 is 29.1 Å². The number of hydrogen-bond donors (Lipinski definition) is 1. The first-order valence-corrected chi connectivity index (χ1v) is 5.73. The number of halogens is 1. The molecule has 92 valence electrons. The summed E-state index contributed by atoms with van der Waals surface area (Å²) in [5.74, 6) is -0.624. The summed E-state index contributed by atoms with van der Waals surface area (Å²) < 4.78 is 0. The molecule has 1 aromatic rings. The van der Waals surface area contributed by atoms with Crippen molar-refractivity contribution in [3.63, 3.8) is 0 Å². The van der Waals surface area contributed by atoms with Crippen molar-refractivity contribution in [1.29, 1.82) is 0 Å². The van der Waals surface area contributed by atoms with E-state index in [0.29, 0.717) is 0 Å². The summed E-state index contributed by atoms with van der Waals surface area (Å²) in [5, 5.41) is 2.74. The van der Waals surface area contributed by atoms with Crippen molar-refractivity contribution in [3.8, 4) is 0 Å². The lowest BCUT2D eigenvalue weighted by Crippen LogP contribution is -2.35. The van der Waals surface area contributed by atoms with Crippen LogP contribution in [-0.2, 0) is 9.59 Å². The van der Waals surface area contributed by atoms with Gasteiger partial charge in [-0.15, -0.1) is 11.6 Å². The summed E-state index contributed by atoms with van der Waals surface area (Å²) in [7, 11) is 1.54. The van der Waals surface area contributed by atoms with Crippen molar-refractivity contribution < 1.29 is 9.59 Å². The molecule has 0 fully saturated rings. The van der Waals surface area contributed by atoms with Crippen LogP contribution in [0.4, 0.5) is 5.69 Å². The topological polar surface area (TPSA) is 49.4 Å². The van der Waals surface area contributed by atoms with E-state index in [0.717, 1.165) is 11.3 Å². The summed E-state index contributed by atoms with van der Waals surface area (Å²) >= 11 is 5.39. The molecular weight excluding hydrogens is 240 g/mol. The third-order valence-corrected chi connectivity index (χ3v) is 2.57. The molecule has 0 unspecified atom stereocenters. The number of aryl methyl sites for hydroxylation is 1. The molecule has 0 spiro atoms. The lowest BCUT2D eigenvalue weighted by Gasteiger charge is -2.15. The van der Waals surface area contributed by atoms with Crippen molar-refractivity contribution in [2.24, 2.45) is 0 Å². The van der Waals surface area contributed by atoms with Gasteiger partial charge in [0.15, 0.2) is 0 Å². The number of nitrogens with one attached hydrogen (secondary N) is 1. The molecule has 0 aromatic heterocycles. The van der Waals surface area contributed by atoms with Gasteiger partial charge >= 0.3 is 0 Å². The van der Waals surface area contributed by atoms with Crippen LogP contribution in [-0.4, -0.2) is 36.2 Å². The maximum Gasteiger partial charge on any atom is 0.243 e. The lowest BCUT2D eigenvalue weighted by molar-refractivity contribution is -0.131. The number of carbonyl (C=O) groups excluding carboxylic acids is 2. The van der Waals surface area contributed by atoms with Gasteiger partial charge in [-0.1, -0.05) is 18.2 Å². The van der Waals surface area contributed by atoms with E-state index in [1.165, 1.54) is 4.90 Å². The summed E-state index contributed by atoms with van der Waals surface area (Å²) in [6.07, 6.45) is 0. The summed E-state index contributed by atoms with van der Waals surface area (Å²) in [5.41, 5.74) is 1.73. The third kappa shape index (κ3) is 4.07. The molecule has 0 aliphatic carbocycles. The first-order chi connectivity index (χ1) is 8.04. The predicted molar refractivity (Wildman–Crippen MR) is 68.2 cm³/mol. The van der Waals surface area contributed by atoms with Crippen LogP contribution < -0.4 is 5.32 Å². The largest absolute Gasteiger partial charge is 0.335 e. The molecule has 0 radical (unpaired) electrons.